The summed E-state index contributed by atoms with van der Waals surface area (Å²) in [5.74, 6) is 1.58. The topological polar surface area (TPSA) is 121 Å². The van der Waals surface area contributed by atoms with Gasteiger partial charge in [-0.1, -0.05) is 34.9 Å². The number of halogens is 1. The number of terminal acetylenes is 1. The van der Waals surface area contributed by atoms with E-state index in [1.165, 1.54) is 0 Å². The Balaban J connectivity index is 2.20. The molecule has 11 heteroatoms. The molecule has 1 heterocycles. The summed E-state index contributed by atoms with van der Waals surface area (Å²) in [5, 5.41) is 22.4. The first-order valence-corrected chi connectivity index (χ1v) is 8.75. The van der Waals surface area contributed by atoms with E-state index in [0.717, 1.165) is 34.2 Å². The summed E-state index contributed by atoms with van der Waals surface area (Å²) < 4.78 is 2.30. The van der Waals surface area contributed by atoms with Crippen molar-refractivity contribution in [3.05, 3.63) is 72.0 Å². The molecule has 0 bridgehead atoms. The number of hydrogen-bond acceptors (Lipinski definition) is 6. The molecule has 0 N–H and O–H groups in total. The summed E-state index contributed by atoms with van der Waals surface area (Å²) >= 11 is 7.37. The molecule has 0 radical (unpaired) electrons. The highest BCUT2D eigenvalue weighted by atomic mass is 35.5. The van der Waals surface area contributed by atoms with Crippen molar-refractivity contribution in [1.29, 1.82) is 0 Å². The number of thiazole rings is 1. The van der Waals surface area contributed by atoms with Crippen LogP contribution in [-0.2, 0) is 6.54 Å². The van der Waals surface area contributed by atoms with Crippen LogP contribution in [0.1, 0.15) is 10.4 Å². The Bertz CT molecular complexity index is 1220. The number of nitro groups is 2. The Hall–Kier alpha value is -3.55. The van der Waals surface area contributed by atoms with Crippen LogP contribution in [0.4, 0.5) is 11.4 Å². The van der Waals surface area contributed by atoms with E-state index in [-0.39, 0.29) is 16.9 Å². The summed E-state index contributed by atoms with van der Waals surface area (Å²) in [7, 11) is 0. The molecule has 2 aromatic carbocycles. The molecule has 0 fully saturated rings. The summed E-state index contributed by atoms with van der Waals surface area (Å²) in [6.45, 7) is 0.0882. The Morgan fingerprint density at radius 2 is 1.86 bits per heavy atom. The standard InChI is InChI=1S/C17H9ClN4O5S/c1-2-6-20-15-13(18)4-3-5-14(15)28-17(20)19-16(23)10-7-11(21(24)25)9-12(8-10)22(26)27/h1,3-5,7-9H,6H2. The van der Waals surface area contributed by atoms with Crippen molar-refractivity contribution >= 4 is 50.4 Å². The largest absolute Gasteiger partial charge is 0.303 e. The fourth-order valence-corrected chi connectivity index (χ4v) is 3.88. The number of hydrogen-bond donors (Lipinski definition) is 0. The number of carbonyl (C=O) groups excluding carboxylic acids is 1. The normalized spacial score (nSPS) is 11.4. The zero-order chi connectivity index (χ0) is 20.4. The maximum atomic E-state index is 12.6. The van der Waals surface area contributed by atoms with Crippen LogP contribution < -0.4 is 4.80 Å². The minimum absolute atomic E-state index is 0.0882. The van der Waals surface area contributed by atoms with Crippen LogP contribution in [0.25, 0.3) is 10.2 Å². The van der Waals surface area contributed by atoms with Gasteiger partial charge < -0.3 is 4.57 Å². The summed E-state index contributed by atoms with van der Waals surface area (Å²) in [4.78, 5) is 37.1. The third-order valence-electron chi connectivity index (χ3n) is 3.67. The minimum Gasteiger partial charge on any atom is -0.303 e. The number of para-hydroxylation sites is 1. The van der Waals surface area contributed by atoms with Crippen molar-refractivity contribution in [2.24, 2.45) is 4.99 Å². The second-order valence-electron chi connectivity index (χ2n) is 5.43. The van der Waals surface area contributed by atoms with E-state index in [4.69, 9.17) is 18.0 Å². The Labute approximate surface area is 165 Å². The number of rotatable bonds is 4. The average molecular weight is 417 g/mol. The van der Waals surface area contributed by atoms with E-state index in [2.05, 4.69) is 10.9 Å². The maximum Gasteiger partial charge on any atom is 0.280 e. The lowest BCUT2D eigenvalue weighted by molar-refractivity contribution is -0.394. The molecule has 0 atom stereocenters. The number of carbonyl (C=O) groups is 1. The molecule has 0 saturated carbocycles. The second kappa shape index (κ2) is 7.59. The van der Waals surface area contributed by atoms with E-state index in [1.807, 2.05) is 0 Å². The van der Waals surface area contributed by atoms with Crippen LogP contribution in [0.15, 0.2) is 41.4 Å². The van der Waals surface area contributed by atoms with Gasteiger partial charge in [0.2, 0.25) is 0 Å². The van der Waals surface area contributed by atoms with E-state index in [1.54, 1.807) is 22.8 Å². The van der Waals surface area contributed by atoms with Crippen LogP contribution >= 0.6 is 22.9 Å². The van der Waals surface area contributed by atoms with Gasteiger partial charge in [-0.25, -0.2) is 0 Å². The fourth-order valence-electron chi connectivity index (χ4n) is 2.49. The van der Waals surface area contributed by atoms with Gasteiger partial charge in [0.05, 0.1) is 43.3 Å². The van der Waals surface area contributed by atoms with Gasteiger partial charge in [0.15, 0.2) is 4.80 Å². The molecular weight excluding hydrogens is 408 g/mol. The molecule has 0 aliphatic rings. The van der Waals surface area contributed by atoms with Gasteiger partial charge in [-0.2, -0.15) is 4.99 Å². The smallest absolute Gasteiger partial charge is 0.280 e. The predicted molar refractivity (Wildman–Crippen MR) is 103 cm³/mol. The molecule has 1 amide bonds. The number of nitrogens with zero attached hydrogens (tertiary/aromatic N) is 4. The van der Waals surface area contributed by atoms with Gasteiger partial charge in [-0.15, -0.1) is 6.42 Å². The van der Waals surface area contributed by atoms with Gasteiger partial charge >= 0.3 is 0 Å². The van der Waals surface area contributed by atoms with Crippen LogP contribution in [0, 0.1) is 32.6 Å². The number of fused-ring (bicyclic) bond motifs is 1. The monoisotopic (exact) mass is 416 g/mol. The molecule has 0 unspecified atom stereocenters. The summed E-state index contributed by atoms with van der Waals surface area (Å²) in [6.07, 6.45) is 5.39. The van der Waals surface area contributed by atoms with Gasteiger partial charge in [-0.3, -0.25) is 25.0 Å². The Kier molecular flexibility index (Phi) is 5.21. The lowest BCUT2D eigenvalue weighted by Crippen LogP contribution is -2.16. The van der Waals surface area contributed by atoms with Crippen LogP contribution in [0.2, 0.25) is 5.02 Å². The van der Waals surface area contributed by atoms with E-state index in [0.29, 0.717) is 10.5 Å². The molecule has 0 aliphatic carbocycles. The molecule has 1 aromatic heterocycles. The number of non-ortho nitro benzene ring substituents is 2. The van der Waals surface area contributed by atoms with Crippen molar-refractivity contribution in [1.82, 2.24) is 4.57 Å². The first kappa shape index (κ1) is 19.2. The molecule has 3 rings (SSSR count). The first-order valence-electron chi connectivity index (χ1n) is 7.56. The van der Waals surface area contributed by atoms with Crippen LogP contribution in [0.5, 0.6) is 0 Å². The molecule has 0 aliphatic heterocycles. The lowest BCUT2D eigenvalue weighted by Gasteiger charge is -2.01. The zero-order valence-corrected chi connectivity index (χ0v) is 15.4. The minimum atomic E-state index is -0.875. The third kappa shape index (κ3) is 3.62. The van der Waals surface area contributed by atoms with Gasteiger partial charge in [0.25, 0.3) is 17.3 Å². The highest BCUT2D eigenvalue weighted by Crippen LogP contribution is 2.26. The molecular formula is C17H9ClN4O5S. The van der Waals surface area contributed by atoms with Gasteiger partial charge in [0, 0.05) is 12.1 Å². The fraction of sp³-hybridized carbons (Fsp3) is 0.0588. The van der Waals surface area contributed by atoms with Crippen molar-refractivity contribution < 1.29 is 14.6 Å². The number of aromatic nitrogens is 1. The molecule has 28 heavy (non-hydrogen) atoms. The molecule has 0 spiro atoms. The summed E-state index contributed by atoms with van der Waals surface area (Å²) in [6, 6.07) is 7.82. The molecule has 140 valence electrons. The maximum absolute atomic E-state index is 12.6. The highest BCUT2D eigenvalue weighted by Gasteiger charge is 2.20. The molecule has 3 aromatic rings. The zero-order valence-electron chi connectivity index (χ0n) is 13.9. The van der Waals surface area contributed by atoms with E-state index >= 15 is 0 Å². The van der Waals surface area contributed by atoms with Gasteiger partial charge in [-0.05, 0) is 12.1 Å². The van der Waals surface area contributed by atoms with Gasteiger partial charge in [0.1, 0.15) is 0 Å². The molecule has 9 nitrogen and oxygen atoms in total. The highest BCUT2D eigenvalue weighted by molar-refractivity contribution is 7.16. The van der Waals surface area contributed by atoms with Crippen LogP contribution in [0.3, 0.4) is 0 Å². The Morgan fingerprint density at radius 3 is 2.43 bits per heavy atom. The second-order valence-corrected chi connectivity index (χ2v) is 6.85. The quantitative estimate of drug-likeness (QED) is 0.366. The number of amides is 1. The predicted octanol–water partition coefficient (Wildman–Crippen LogP) is 3.55. The van der Waals surface area contributed by atoms with Crippen molar-refractivity contribution in [3.63, 3.8) is 0 Å². The molecule has 0 saturated heterocycles. The van der Waals surface area contributed by atoms with E-state index in [9.17, 15) is 25.0 Å². The number of benzene rings is 2. The summed E-state index contributed by atoms with van der Waals surface area (Å²) in [5.41, 5.74) is -0.840. The van der Waals surface area contributed by atoms with Crippen molar-refractivity contribution in [3.8, 4) is 12.3 Å². The Morgan fingerprint density at radius 1 is 1.21 bits per heavy atom. The van der Waals surface area contributed by atoms with Crippen LogP contribution in [-0.4, -0.2) is 20.3 Å². The lowest BCUT2D eigenvalue weighted by atomic mass is 10.1. The average Bonchev–Trinajstić information content (AvgIpc) is 3.00. The van der Waals surface area contributed by atoms with Crippen molar-refractivity contribution in [2.45, 2.75) is 6.54 Å². The first-order chi connectivity index (χ1) is 13.3. The number of nitro benzene ring substituents is 2. The van der Waals surface area contributed by atoms with Crippen molar-refractivity contribution in [2.75, 3.05) is 0 Å². The SMILES string of the molecule is C#CCn1c(=NC(=O)c2cc([N+](=O)[O-])cc([N+](=O)[O-])c2)sc2cccc(Cl)c21. The van der Waals surface area contributed by atoms with E-state index < -0.39 is 27.1 Å². The third-order valence-corrected chi connectivity index (χ3v) is 5.02.